The van der Waals surface area contributed by atoms with Crippen molar-refractivity contribution in [1.82, 2.24) is 4.90 Å². The van der Waals surface area contributed by atoms with E-state index in [4.69, 9.17) is 14.6 Å². The zero-order valence-electron chi connectivity index (χ0n) is 13.2. The Morgan fingerprint density at radius 1 is 1.29 bits per heavy atom. The molecule has 1 aromatic carbocycles. The summed E-state index contributed by atoms with van der Waals surface area (Å²) in [4.78, 5) is 25.4. The molecule has 7 heteroatoms. The number of carboxylic acids is 1. The largest absolute Gasteiger partial charge is 0.481 e. The van der Waals surface area contributed by atoms with Crippen LogP contribution >= 0.6 is 0 Å². The molecule has 2 heterocycles. The molecule has 6 nitrogen and oxygen atoms in total. The van der Waals surface area contributed by atoms with Gasteiger partial charge >= 0.3 is 5.97 Å². The zero-order chi connectivity index (χ0) is 17.1. The predicted octanol–water partition coefficient (Wildman–Crippen LogP) is 1.61. The van der Waals surface area contributed by atoms with Crippen LogP contribution in [-0.2, 0) is 20.7 Å². The van der Waals surface area contributed by atoms with Crippen molar-refractivity contribution in [3.05, 3.63) is 29.6 Å². The first-order valence-corrected chi connectivity index (χ1v) is 8.10. The van der Waals surface area contributed by atoms with Gasteiger partial charge in [-0.15, -0.1) is 0 Å². The smallest absolute Gasteiger partial charge is 0.305 e. The fourth-order valence-corrected chi connectivity index (χ4v) is 3.24. The molecule has 1 atom stereocenters. The Balaban J connectivity index is 1.73. The number of ether oxygens (including phenoxy) is 2. The van der Waals surface area contributed by atoms with Gasteiger partial charge in [-0.1, -0.05) is 12.1 Å². The van der Waals surface area contributed by atoms with Gasteiger partial charge in [0.15, 0.2) is 17.7 Å². The molecule has 1 aromatic rings. The molecule has 0 bridgehead atoms. The second-order valence-corrected chi connectivity index (χ2v) is 6.06. The molecule has 2 aliphatic heterocycles. The lowest BCUT2D eigenvalue weighted by atomic mass is 10.0. The van der Waals surface area contributed by atoms with Crippen molar-refractivity contribution in [3.8, 4) is 5.75 Å². The predicted molar refractivity (Wildman–Crippen MR) is 82.3 cm³/mol. The molecule has 3 rings (SSSR count). The molecule has 0 saturated carbocycles. The van der Waals surface area contributed by atoms with E-state index in [1.807, 2.05) is 0 Å². The van der Waals surface area contributed by atoms with Crippen LogP contribution < -0.4 is 4.74 Å². The van der Waals surface area contributed by atoms with Crippen LogP contribution in [0.4, 0.5) is 4.39 Å². The van der Waals surface area contributed by atoms with E-state index in [1.54, 1.807) is 17.0 Å². The molecule has 130 valence electrons. The van der Waals surface area contributed by atoms with Gasteiger partial charge in [-0.2, -0.15) is 0 Å². The monoisotopic (exact) mass is 337 g/mol. The summed E-state index contributed by atoms with van der Waals surface area (Å²) in [5.74, 6) is -1.59. The van der Waals surface area contributed by atoms with Crippen molar-refractivity contribution in [3.63, 3.8) is 0 Å². The van der Waals surface area contributed by atoms with E-state index in [0.717, 1.165) is 0 Å². The molecular weight excluding hydrogens is 317 g/mol. The van der Waals surface area contributed by atoms with Crippen molar-refractivity contribution in [2.75, 3.05) is 19.8 Å². The normalized spacial score (nSPS) is 20.3. The van der Waals surface area contributed by atoms with Crippen LogP contribution in [0.2, 0.25) is 0 Å². The number of hydrogen-bond donors (Lipinski definition) is 1. The van der Waals surface area contributed by atoms with E-state index in [9.17, 15) is 14.0 Å². The van der Waals surface area contributed by atoms with E-state index < -0.39 is 17.9 Å². The van der Waals surface area contributed by atoms with Crippen LogP contribution in [0.3, 0.4) is 0 Å². The molecular formula is C17H20FNO5. The number of halogens is 1. The minimum absolute atomic E-state index is 0.0669. The summed E-state index contributed by atoms with van der Waals surface area (Å²) in [6, 6.07) is 4.56. The van der Waals surface area contributed by atoms with Gasteiger partial charge in [-0.25, -0.2) is 4.39 Å². The third-order valence-corrected chi connectivity index (χ3v) is 4.47. The number of carbonyl (C=O) groups excluding carboxylic acids is 1. The number of hydrogen-bond acceptors (Lipinski definition) is 4. The topological polar surface area (TPSA) is 76.1 Å². The number of fused-ring (bicyclic) bond motifs is 1. The number of carbonyl (C=O) groups is 2. The average Bonchev–Trinajstić information content (AvgIpc) is 3.01. The highest BCUT2D eigenvalue weighted by Gasteiger charge is 2.37. The third-order valence-electron chi connectivity index (χ3n) is 4.47. The van der Waals surface area contributed by atoms with Gasteiger partial charge in [0.05, 0.1) is 6.42 Å². The summed E-state index contributed by atoms with van der Waals surface area (Å²) < 4.78 is 24.6. The van der Waals surface area contributed by atoms with E-state index in [1.165, 1.54) is 6.07 Å². The molecule has 24 heavy (non-hydrogen) atoms. The highest BCUT2D eigenvalue weighted by molar-refractivity contribution is 5.83. The van der Waals surface area contributed by atoms with Crippen molar-refractivity contribution < 1.29 is 28.6 Å². The maximum atomic E-state index is 13.8. The molecule has 0 radical (unpaired) electrons. The van der Waals surface area contributed by atoms with Crippen LogP contribution in [-0.4, -0.2) is 53.8 Å². The Kier molecular flexibility index (Phi) is 4.99. The van der Waals surface area contributed by atoms with Crippen LogP contribution in [0.15, 0.2) is 18.2 Å². The van der Waals surface area contributed by atoms with Crippen molar-refractivity contribution in [1.29, 1.82) is 0 Å². The van der Waals surface area contributed by atoms with Crippen molar-refractivity contribution >= 4 is 11.9 Å². The molecule has 0 aromatic heterocycles. The lowest BCUT2D eigenvalue weighted by Crippen LogP contribution is -2.49. The highest BCUT2D eigenvalue weighted by Crippen LogP contribution is 2.32. The Hall–Kier alpha value is -2.15. The molecule has 0 spiro atoms. The molecule has 1 saturated heterocycles. The van der Waals surface area contributed by atoms with Crippen molar-refractivity contribution in [2.45, 2.75) is 37.8 Å². The zero-order valence-corrected chi connectivity index (χ0v) is 13.2. The molecule has 2 aliphatic rings. The van der Waals surface area contributed by atoms with Gasteiger partial charge in [0.1, 0.15) is 0 Å². The number of aliphatic carboxylic acids is 1. The van der Waals surface area contributed by atoms with Crippen LogP contribution in [0.1, 0.15) is 24.8 Å². The van der Waals surface area contributed by atoms with Gasteiger partial charge in [-0.05, 0) is 18.9 Å². The minimum atomic E-state index is -0.957. The number of para-hydroxylation sites is 1. The maximum absolute atomic E-state index is 13.8. The van der Waals surface area contributed by atoms with Gasteiger partial charge in [0.2, 0.25) is 0 Å². The number of rotatable bonds is 5. The van der Waals surface area contributed by atoms with E-state index in [0.29, 0.717) is 38.0 Å². The Labute approximate surface area is 139 Å². The fourth-order valence-electron chi connectivity index (χ4n) is 3.24. The first kappa shape index (κ1) is 16.7. The SMILES string of the molecule is O=C(O)CCN(C(=O)[C@@H]1Cc2cccc(F)c2O1)C1CCOCC1. The summed E-state index contributed by atoms with van der Waals surface area (Å²) in [6.07, 6.45) is 0.711. The molecule has 1 fully saturated rings. The maximum Gasteiger partial charge on any atom is 0.305 e. The number of benzene rings is 1. The van der Waals surface area contributed by atoms with E-state index in [-0.39, 0.29) is 30.7 Å². The minimum Gasteiger partial charge on any atom is -0.481 e. The van der Waals surface area contributed by atoms with Crippen molar-refractivity contribution in [2.24, 2.45) is 0 Å². The summed E-state index contributed by atoms with van der Waals surface area (Å²) in [7, 11) is 0. The number of nitrogens with zero attached hydrogens (tertiary/aromatic N) is 1. The van der Waals surface area contributed by atoms with Crippen LogP contribution in [0.5, 0.6) is 5.75 Å². The van der Waals surface area contributed by atoms with Crippen LogP contribution in [0, 0.1) is 5.82 Å². The van der Waals surface area contributed by atoms with Crippen LogP contribution in [0.25, 0.3) is 0 Å². The lowest BCUT2D eigenvalue weighted by Gasteiger charge is -2.35. The Morgan fingerprint density at radius 2 is 2.04 bits per heavy atom. The first-order valence-electron chi connectivity index (χ1n) is 8.10. The first-order chi connectivity index (χ1) is 11.6. The van der Waals surface area contributed by atoms with E-state index >= 15 is 0 Å². The second-order valence-electron chi connectivity index (χ2n) is 6.06. The Morgan fingerprint density at radius 3 is 2.71 bits per heavy atom. The molecule has 1 N–H and O–H groups in total. The summed E-state index contributed by atoms with van der Waals surface area (Å²) in [6.45, 7) is 1.21. The number of amides is 1. The fraction of sp³-hybridized carbons (Fsp3) is 0.529. The van der Waals surface area contributed by atoms with Gasteiger partial charge < -0.3 is 19.5 Å². The second kappa shape index (κ2) is 7.17. The molecule has 1 amide bonds. The quantitative estimate of drug-likeness (QED) is 0.883. The number of carboxylic acid groups (broad SMARTS) is 1. The summed E-state index contributed by atoms with van der Waals surface area (Å²) in [5, 5.41) is 8.94. The lowest BCUT2D eigenvalue weighted by molar-refractivity contribution is -0.144. The van der Waals surface area contributed by atoms with Gasteiger partial charge in [-0.3, -0.25) is 9.59 Å². The molecule has 0 unspecified atom stereocenters. The van der Waals surface area contributed by atoms with Gasteiger partial charge in [0.25, 0.3) is 5.91 Å². The van der Waals surface area contributed by atoms with Gasteiger partial charge in [0, 0.05) is 37.8 Å². The Bertz CT molecular complexity index is 629. The summed E-state index contributed by atoms with van der Waals surface area (Å²) >= 11 is 0. The average molecular weight is 337 g/mol. The van der Waals surface area contributed by atoms with E-state index in [2.05, 4.69) is 0 Å². The highest BCUT2D eigenvalue weighted by atomic mass is 19.1. The standard InChI is InChI=1S/C17H20FNO5/c18-13-3-1-2-11-10-14(24-16(11)13)17(22)19(7-4-15(20)21)12-5-8-23-9-6-12/h1-3,12,14H,4-10H2,(H,20,21)/t14-/m0/s1. The summed E-state index contributed by atoms with van der Waals surface area (Å²) in [5.41, 5.74) is 0.665. The molecule has 0 aliphatic carbocycles. The third kappa shape index (κ3) is 3.51.